The summed E-state index contributed by atoms with van der Waals surface area (Å²) in [7, 11) is 0. The second-order valence-electron chi connectivity index (χ2n) is 8.47. The van der Waals surface area contributed by atoms with Gasteiger partial charge in [0.1, 0.15) is 5.82 Å². The minimum absolute atomic E-state index is 0.0202. The largest absolute Gasteiger partial charge is 0.329 e. The van der Waals surface area contributed by atoms with Crippen LogP contribution in [0.25, 0.3) is 0 Å². The van der Waals surface area contributed by atoms with E-state index >= 15 is 0 Å². The minimum Gasteiger partial charge on any atom is -0.329 e. The molecule has 3 aromatic heterocycles. The van der Waals surface area contributed by atoms with Crippen molar-refractivity contribution < 1.29 is 4.79 Å². The number of pyridine rings is 1. The molecule has 5 rings (SSSR count). The van der Waals surface area contributed by atoms with Crippen molar-refractivity contribution in [1.82, 2.24) is 25.1 Å². The van der Waals surface area contributed by atoms with E-state index in [1.165, 1.54) is 12.8 Å². The molecule has 1 atom stereocenters. The Labute approximate surface area is 186 Å². The molecular formula is C23H28N6OS. The van der Waals surface area contributed by atoms with Crippen LogP contribution < -0.4 is 5.32 Å². The summed E-state index contributed by atoms with van der Waals surface area (Å²) >= 11 is 1.56. The summed E-state index contributed by atoms with van der Waals surface area (Å²) in [6, 6.07) is 5.94. The SMILES string of the molecule is Cc1csc(Nc2cccc([C@@H]3CCCN3C(=O)c3n[nH]c4c3CCCCCC4)n2)n1. The van der Waals surface area contributed by atoms with Gasteiger partial charge < -0.3 is 10.2 Å². The van der Waals surface area contributed by atoms with Crippen molar-refractivity contribution in [2.45, 2.75) is 64.3 Å². The molecule has 31 heavy (non-hydrogen) atoms. The number of rotatable bonds is 4. The molecule has 1 saturated heterocycles. The third-order valence-corrected chi connectivity index (χ3v) is 7.11. The monoisotopic (exact) mass is 436 g/mol. The molecule has 8 heteroatoms. The van der Waals surface area contributed by atoms with E-state index in [0.717, 1.165) is 78.7 Å². The van der Waals surface area contributed by atoms with E-state index in [9.17, 15) is 4.79 Å². The van der Waals surface area contributed by atoms with Gasteiger partial charge in [0.15, 0.2) is 10.8 Å². The van der Waals surface area contributed by atoms with Crippen LogP contribution in [0.1, 0.15) is 77.7 Å². The summed E-state index contributed by atoms with van der Waals surface area (Å²) < 4.78 is 0. The van der Waals surface area contributed by atoms with Crippen molar-refractivity contribution in [2.75, 3.05) is 11.9 Å². The highest BCUT2D eigenvalue weighted by Gasteiger charge is 2.34. The highest BCUT2D eigenvalue weighted by atomic mass is 32.1. The molecule has 162 valence electrons. The third-order valence-electron chi connectivity index (χ3n) is 6.24. The molecule has 0 radical (unpaired) electrons. The molecule has 0 spiro atoms. The number of nitrogens with one attached hydrogen (secondary N) is 2. The smallest absolute Gasteiger partial charge is 0.275 e. The van der Waals surface area contributed by atoms with Crippen LogP contribution in [0.4, 0.5) is 10.9 Å². The van der Waals surface area contributed by atoms with Crippen molar-refractivity contribution in [1.29, 1.82) is 0 Å². The molecule has 4 heterocycles. The first-order valence-electron chi connectivity index (χ1n) is 11.2. The van der Waals surface area contributed by atoms with Gasteiger partial charge in [-0.05, 0) is 57.6 Å². The Bertz CT molecular complexity index is 1070. The number of carbonyl (C=O) groups excluding carboxylic acids is 1. The lowest BCUT2D eigenvalue weighted by Gasteiger charge is -2.24. The molecule has 1 fully saturated rings. The van der Waals surface area contributed by atoms with E-state index in [0.29, 0.717) is 5.69 Å². The molecule has 0 saturated carbocycles. The molecule has 0 unspecified atom stereocenters. The molecule has 0 aromatic carbocycles. The number of aromatic nitrogens is 4. The molecule has 1 aliphatic carbocycles. The maximum absolute atomic E-state index is 13.5. The first kappa shape index (κ1) is 20.2. The van der Waals surface area contributed by atoms with Gasteiger partial charge in [-0.2, -0.15) is 5.10 Å². The fourth-order valence-electron chi connectivity index (χ4n) is 4.69. The maximum atomic E-state index is 13.5. The van der Waals surface area contributed by atoms with Crippen LogP contribution in [0.15, 0.2) is 23.6 Å². The summed E-state index contributed by atoms with van der Waals surface area (Å²) in [5, 5.41) is 13.8. The number of likely N-dealkylation sites (tertiary alicyclic amines) is 1. The second kappa shape index (κ2) is 8.78. The Morgan fingerprint density at radius 3 is 2.87 bits per heavy atom. The summed E-state index contributed by atoms with van der Waals surface area (Å²) in [4.78, 5) is 24.8. The Kier molecular flexibility index (Phi) is 5.72. The van der Waals surface area contributed by atoms with Crippen LogP contribution in [0.2, 0.25) is 0 Å². The average Bonchev–Trinajstić information content (AvgIpc) is 3.48. The second-order valence-corrected chi connectivity index (χ2v) is 9.32. The quantitative estimate of drug-likeness (QED) is 0.604. The molecule has 1 aliphatic heterocycles. The highest BCUT2D eigenvalue weighted by Crippen LogP contribution is 2.34. The van der Waals surface area contributed by atoms with Gasteiger partial charge in [0.05, 0.1) is 17.4 Å². The summed E-state index contributed by atoms with van der Waals surface area (Å²) in [6.45, 7) is 2.72. The van der Waals surface area contributed by atoms with Crippen LogP contribution in [0, 0.1) is 6.92 Å². The van der Waals surface area contributed by atoms with Gasteiger partial charge in [-0.3, -0.25) is 9.89 Å². The highest BCUT2D eigenvalue weighted by molar-refractivity contribution is 7.13. The zero-order valence-corrected chi connectivity index (χ0v) is 18.7. The van der Waals surface area contributed by atoms with Crippen molar-refractivity contribution in [3.63, 3.8) is 0 Å². The first-order chi connectivity index (χ1) is 15.2. The number of aryl methyl sites for hydroxylation is 2. The third kappa shape index (κ3) is 4.21. The number of carbonyl (C=O) groups is 1. The Hall–Kier alpha value is -2.74. The lowest BCUT2D eigenvalue weighted by molar-refractivity contribution is 0.0725. The van der Waals surface area contributed by atoms with E-state index in [4.69, 9.17) is 4.98 Å². The predicted molar refractivity (Wildman–Crippen MR) is 122 cm³/mol. The van der Waals surface area contributed by atoms with E-state index in [2.05, 4.69) is 20.5 Å². The summed E-state index contributed by atoms with van der Waals surface area (Å²) in [5.41, 5.74) is 4.82. The number of nitrogens with zero attached hydrogens (tertiary/aromatic N) is 4. The Morgan fingerprint density at radius 1 is 1.16 bits per heavy atom. The molecule has 2 N–H and O–H groups in total. The van der Waals surface area contributed by atoms with Gasteiger partial charge in [0.25, 0.3) is 5.91 Å². The molecule has 2 aliphatic rings. The fourth-order valence-corrected chi connectivity index (χ4v) is 5.39. The minimum atomic E-state index is -0.0202. The zero-order chi connectivity index (χ0) is 21.2. The molecular weight excluding hydrogens is 408 g/mol. The fraction of sp³-hybridized carbons (Fsp3) is 0.478. The number of fused-ring (bicyclic) bond motifs is 1. The molecule has 3 aromatic rings. The van der Waals surface area contributed by atoms with Crippen molar-refractivity contribution in [3.05, 3.63) is 51.9 Å². The Balaban J connectivity index is 1.38. The topological polar surface area (TPSA) is 86.8 Å². The van der Waals surface area contributed by atoms with Gasteiger partial charge in [-0.25, -0.2) is 9.97 Å². The number of hydrogen-bond donors (Lipinski definition) is 2. The van der Waals surface area contributed by atoms with E-state index in [1.54, 1.807) is 11.3 Å². The van der Waals surface area contributed by atoms with E-state index < -0.39 is 0 Å². The van der Waals surface area contributed by atoms with Crippen LogP contribution in [-0.2, 0) is 12.8 Å². The Morgan fingerprint density at radius 2 is 2.03 bits per heavy atom. The van der Waals surface area contributed by atoms with Crippen LogP contribution in [-0.4, -0.2) is 37.5 Å². The van der Waals surface area contributed by atoms with Gasteiger partial charge in [0.2, 0.25) is 0 Å². The van der Waals surface area contributed by atoms with E-state index in [1.807, 2.05) is 35.4 Å². The molecule has 7 nitrogen and oxygen atoms in total. The standard InChI is InChI=1S/C23H28N6OS/c1-15-14-31-23(24-15)26-20-12-6-10-18(25-20)19-11-7-13-29(19)22(30)21-16-8-4-2-3-5-9-17(16)27-28-21/h6,10,12,14,19H,2-5,7-9,11,13H2,1H3,(H,27,28)(H,24,25,26)/t19-/m0/s1. The van der Waals surface area contributed by atoms with Crippen molar-refractivity contribution >= 4 is 28.2 Å². The van der Waals surface area contributed by atoms with Crippen molar-refractivity contribution in [3.8, 4) is 0 Å². The number of thiazole rings is 1. The average molecular weight is 437 g/mol. The van der Waals surface area contributed by atoms with Gasteiger partial charge >= 0.3 is 0 Å². The predicted octanol–water partition coefficient (Wildman–Crippen LogP) is 4.95. The number of H-pyrrole nitrogens is 1. The van der Waals surface area contributed by atoms with Crippen LogP contribution in [0.5, 0.6) is 0 Å². The maximum Gasteiger partial charge on any atom is 0.275 e. The molecule has 1 amide bonds. The van der Waals surface area contributed by atoms with E-state index in [-0.39, 0.29) is 11.9 Å². The van der Waals surface area contributed by atoms with Gasteiger partial charge in [-0.15, -0.1) is 11.3 Å². The van der Waals surface area contributed by atoms with Crippen LogP contribution >= 0.6 is 11.3 Å². The lowest BCUT2D eigenvalue weighted by Crippen LogP contribution is -2.32. The number of aromatic amines is 1. The van der Waals surface area contributed by atoms with Crippen LogP contribution in [0.3, 0.4) is 0 Å². The summed E-state index contributed by atoms with van der Waals surface area (Å²) in [5.74, 6) is 0.798. The number of anilines is 2. The van der Waals surface area contributed by atoms with Gasteiger partial charge in [0, 0.05) is 23.2 Å². The molecule has 0 bridgehead atoms. The number of amides is 1. The van der Waals surface area contributed by atoms with Gasteiger partial charge in [-0.1, -0.05) is 18.9 Å². The van der Waals surface area contributed by atoms with Crippen molar-refractivity contribution in [2.24, 2.45) is 0 Å². The number of hydrogen-bond acceptors (Lipinski definition) is 6. The lowest BCUT2D eigenvalue weighted by atomic mass is 9.96. The summed E-state index contributed by atoms with van der Waals surface area (Å²) in [6.07, 6.45) is 8.61. The normalized spacial score (nSPS) is 19.0. The first-order valence-corrected chi connectivity index (χ1v) is 12.1. The zero-order valence-electron chi connectivity index (χ0n) is 17.9.